The van der Waals surface area contributed by atoms with E-state index < -0.39 is 0 Å². The van der Waals surface area contributed by atoms with Crippen LogP contribution in [0.4, 0.5) is 0 Å². The molecule has 1 aromatic heterocycles. The van der Waals surface area contributed by atoms with Crippen LogP contribution in [0.1, 0.15) is 35.7 Å². The molecule has 1 saturated carbocycles. The van der Waals surface area contributed by atoms with Crippen LogP contribution in [0.3, 0.4) is 0 Å². The van der Waals surface area contributed by atoms with E-state index in [2.05, 4.69) is 23.6 Å². The van der Waals surface area contributed by atoms with E-state index in [0.717, 1.165) is 12.8 Å². The van der Waals surface area contributed by atoms with Crippen molar-refractivity contribution in [3.05, 3.63) is 56.2 Å². The predicted molar refractivity (Wildman–Crippen MR) is 83.2 cm³/mol. The van der Waals surface area contributed by atoms with Crippen LogP contribution >= 0.6 is 34.5 Å². The van der Waals surface area contributed by atoms with Crippen LogP contribution in [-0.4, -0.2) is 0 Å². The molecule has 0 amide bonds. The summed E-state index contributed by atoms with van der Waals surface area (Å²) in [6.07, 6.45) is 3.45. The second-order valence-corrected chi connectivity index (χ2v) is 6.93. The van der Waals surface area contributed by atoms with Crippen molar-refractivity contribution < 1.29 is 0 Å². The molecule has 4 heteroatoms. The van der Waals surface area contributed by atoms with Gasteiger partial charge in [-0.15, -0.1) is 11.3 Å². The molecule has 1 nitrogen and oxygen atoms in total. The number of benzene rings is 1. The van der Waals surface area contributed by atoms with Gasteiger partial charge in [-0.25, -0.2) is 0 Å². The topological polar surface area (TPSA) is 26.0 Å². The third-order valence-electron chi connectivity index (χ3n) is 4.19. The molecule has 2 N–H and O–H groups in total. The summed E-state index contributed by atoms with van der Waals surface area (Å²) in [5.74, 6) is 0. The van der Waals surface area contributed by atoms with Gasteiger partial charge < -0.3 is 5.73 Å². The van der Waals surface area contributed by atoms with E-state index in [1.54, 1.807) is 11.3 Å². The zero-order valence-corrected chi connectivity index (χ0v) is 12.7. The molecule has 0 radical (unpaired) electrons. The van der Waals surface area contributed by atoms with E-state index in [1.807, 2.05) is 12.1 Å². The highest BCUT2D eigenvalue weighted by Gasteiger charge is 2.45. The number of nitrogens with two attached hydrogens (primary N) is 1. The summed E-state index contributed by atoms with van der Waals surface area (Å²) < 4.78 is 0. The van der Waals surface area contributed by atoms with Crippen molar-refractivity contribution >= 4 is 34.5 Å². The molecule has 2 aromatic rings. The van der Waals surface area contributed by atoms with Gasteiger partial charge in [-0.1, -0.05) is 41.8 Å². The van der Waals surface area contributed by atoms with Crippen molar-refractivity contribution in [3.63, 3.8) is 0 Å². The Bertz CT molecular complexity index is 576. The maximum atomic E-state index is 6.53. The fourth-order valence-corrected chi connectivity index (χ4v) is 4.02. The highest BCUT2D eigenvalue weighted by molar-refractivity contribution is 7.10. The van der Waals surface area contributed by atoms with Gasteiger partial charge in [-0.05, 0) is 42.0 Å². The minimum absolute atomic E-state index is 0.0269. The fourth-order valence-electron chi connectivity index (χ4n) is 2.88. The Morgan fingerprint density at radius 3 is 2.47 bits per heavy atom. The van der Waals surface area contributed by atoms with Gasteiger partial charge in [0.25, 0.3) is 0 Å². The number of hydrogen-bond donors (Lipinski definition) is 1. The molecule has 0 spiro atoms. The van der Waals surface area contributed by atoms with Crippen LogP contribution in [-0.2, 0) is 5.41 Å². The van der Waals surface area contributed by atoms with Gasteiger partial charge in [0.2, 0.25) is 0 Å². The van der Waals surface area contributed by atoms with E-state index in [4.69, 9.17) is 28.9 Å². The average Bonchev–Trinajstić information content (AvgIpc) is 2.85. The minimum Gasteiger partial charge on any atom is -0.323 e. The predicted octanol–water partition coefficient (Wildman–Crippen LogP) is 5.18. The molecular weight excluding hydrogens is 297 g/mol. The van der Waals surface area contributed by atoms with Crippen molar-refractivity contribution in [1.29, 1.82) is 0 Å². The molecule has 0 saturated heterocycles. The quantitative estimate of drug-likeness (QED) is 0.830. The van der Waals surface area contributed by atoms with E-state index in [-0.39, 0.29) is 11.5 Å². The summed E-state index contributed by atoms with van der Waals surface area (Å²) in [5.41, 5.74) is 7.78. The molecular formula is C15H15Cl2NS. The molecule has 1 fully saturated rings. The summed E-state index contributed by atoms with van der Waals surface area (Å²) >= 11 is 13.9. The molecule has 3 rings (SSSR count). The first kappa shape index (κ1) is 13.4. The summed E-state index contributed by atoms with van der Waals surface area (Å²) in [6, 6.07) is 10.1. The lowest BCUT2D eigenvalue weighted by atomic mass is 9.60. The van der Waals surface area contributed by atoms with Crippen LogP contribution in [0, 0.1) is 0 Å². The molecule has 1 heterocycles. The highest BCUT2D eigenvalue weighted by atomic mass is 35.5. The molecule has 1 atom stereocenters. The standard InChI is InChI=1S/C15H15Cl2NS/c16-11-5-4-10(9-12(11)17)15(6-2-7-15)14(18)13-3-1-8-19-13/h1,3-5,8-9,14H,2,6-7,18H2. The van der Waals surface area contributed by atoms with Gasteiger partial charge >= 0.3 is 0 Å². The van der Waals surface area contributed by atoms with Crippen molar-refractivity contribution in [1.82, 2.24) is 0 Å². The zero-order chi connectivity index (χ0) is 13.5. The first-order chi connectivity index (χ1) is 9.13. The Morgan fingerprint density at radius 2 is 1.95 bits per heavy atom. The number of halogens is 2. The van der Waals surface area contributed by atoms with Crippen LogP contribution in [0.15, 0.2) is 35.7 Å². The average molecular weight is 312 g/mol. The summed E-state index contributed by atoms with van der Waals surface area (Å²) in [5, 5.41) is 3.30. The van der Waals surface area contributed by atoms with Crippen LogP contribution in [0.2, 0.25) is 10.0 Å². The van der Waals surface area contributed by atoms with E-state index in [1.165, 1.54) is 16.9 Å². The molecule has 19 heavy (non-hydrogen) atoms. The first-order valence-corrected chi connectivity index (χ1v) is 8.01. The lowest BCUT2D eigenvalue weighted by Gasteiger charge is -2.46. The largest absolute Gasteiger partial charge is 0.323 e. The number of hydrogen-bond acceptors (Lipinski definition) is 2. The van der Waals surface area contributed by atoms with Crippen LogP contribution < -0.4 is 5.73 Å². The third kappa shape index (κ3) is 2.21. The van der Waals surface area contributed by atoms with Crippen molar-refractivity contribution in [2.45, 2.75) is 30.7 Å². The molecule has 1 aliphatic carbocycles. The van der Waals surface area contributed by atoms with Gasteiger partial charge in [0.1, 0.15) is 0 Å². The van der Waals surface area contributed by atoms with E-state index in [0.29, 0.717) is 10.0 Å². The second-order valence-electron chi connectivity index (χ2n) is 5.13. The Hall–Kier alpha value is -0.540. The maximum absolute atomic E-state index is 6.53. The number of thiophene rings is 1. The number of rotatable bonds is 3. The molecule has 1 aromatic carbocycles. The Balaban J connectivity index is 2.01. The third-order valence-corrected chi connectivity index (χ3v) is 5.88. The van der Waals surface area contributed by atoms with Crippen molar-refractivity contribution in [3.8, 4) is 0 Å². The van der Waals surface area contributed by atoms with Gasteiger partial charge in [-0.2, -0.15) is 0 Å². The Morgan fingerprint density at radius 1 is 1.16 bits per heavy atom. The maximum Gasteiger partial charge on any atom is 0.0595 e. The summed E-state index contributed by atoms with van der Waals surface area (Å²) in [7, 11) is 0. The van der Waals surface area contributed by atoms with Gasteiger partial charge in [-0.3, -0.25) is 0 Å². The van der Waals surface area contributed by atoms with Crippen LogP contribution in [0.5, 0.6) is 0 Å². The second kappa shape index (κ2) is 5.10. The van der Waals surface area contributed by atoms with Gasteiger partial charge in [0.15, 0.2) is 0 Å². The smallest absolute Gasteiger partial charge is 0.0595 e. The highest BCUT2D eigenvalue weighted by Crippen LogP contribution is 2.52. The lowest BCUT2D eigenvalue weighted by molar-refractivity contribution is 0.198. The lowest BCUT2D eigenvalue weighted by Crippen LogP contribution is -2.44. The minimum atomic E-state index is 0.0269. The molecule has 0 bridgehead atoms. The van der Waals surface area contributed by atoms with E-state index >= 15 is 0 Å². The normalized spacial score (nSPS) is 18.9. The van der Waals surface area contributed by atoms with Gasteiger partial charge in [0.05, 0.1) is 10.0 Å². The SMILES string of the molecule is NC(c1cccs1)C1(c2ccc(Cl)c(Cl)c2)CCC1. The van der Waals surface area contributed by atoms with Crippen LogP contribution in [0.25, 0.3) is 0 Å². The van der Waals surface area contributed by atoms with Gasteiger partial charge in [0, 0.05) is 16.3 Å². The molecule has 100 valence electrons. The zero-order valence-electron chi connectivity index (χ0n) is 10.4. The monoisotopic (exact) mass is 311 g/mol. The Kier molecular flexibility index (Phi) is 3.61. The first-order valence-electron chi connectivity index (χ1n) is 6.38. The molecule has 1 unspecified atom stereocenters. The molecule has 1 aliphatic rings. The summed E-state index contributed by atoms with van der Waals surface area (Å²) in [4.78, 5) is 1.24. The fraction of sp³-hybridized carbons (Fsp3) is 0.333. The van der Waals surface area contributed by atoms with Crippen molar-refractivity contribution in [2.24, 2.45) is 5.73 Å². The Labute approximate surface area is 127 Å². The molecule has 0 aliphatic heterocycles. The van der Waals surface area contributed by atoms with Crippen molar-refractivity contribution in [2.75, 3.05) is 0 Å². The summed E-state index contributed by atoms with van der Waals surface area (Å²) in [6.45, 7) is 0. The van der Waals surface area contributed by atoms with E-state index in [9.17, 15) is 0 Å².